The highest BCUT2D eigenvalue weighted by Gasteiger charge is 2.22. The fourth-order valence-electron chi connectivity index (χ4n) is 3.09. The predicted molar refractivity (Wildman–Crippen MR) is 109 cm³/mol. The zero-order valence-corrected chi connectivity index (χ0v) is 15.7. The first-order valence-corrected chi connectivity index (χ1v) is 9.76. The van der Waals surface area contributed by atoms with E-state index >= 15 is 0 Å². The van der Waals surface area contributed by atoms with E-state index in [1.54, 1.807) is 11.3 Å². The molecule has 0 unspecified atom stereocenters. The standard InChI is InChI=1S/C19H20N4S2/c1-23(16-3-2-4-16)11-19(24)22-18-8-15-7-13(17-10-20-12-25-17)5-6-14(15)9-21-18/h5-10,12,16H,2-4,11H2,1H3,(H,21,22,24). The van der Waals surface area contributed by atoms with Gasteiger partial charge in [-0.2, -0.15) is 0 Å². The number of fused-ring (bicyclic) bond motifs is 1. The Morgan fingerprint density at radius 2 is 2.16 bits per heavy atom. The minimum Gasteiger partial charge on any atom is -0.334 e. The molecule has 1 aromatic carbocycles. The number of hydrogen-bond acceptors (Lipinski definition) is 5. The van der Waals surface area contributed by atoms with Crippen LogP contribution in [0.1, 0.15) is 19.3 Å². The number of benzene rings is 1. The minimum atomic E-state index is 0.686. The van der Waals surface area contributed by atoms with Crippen LogP contribution in [0.15, 0.2) is 42.2 Å². The fraction of sp³-hybridized carbons (Fsp3) is 0.316. The van der Waals surface area contributed by atoms with Gasteiger partial charge in [-0.3, -0.25) is 9.88 Å². The summed E-state index contributed by atoms with van der Waals surface area (Å²) < 4.78 is 0. The third kappa shape index (κ3) is 3.71. The number of pyridine rings is 1. The van der Waals surface area contributed by atoms with Gasteiger partial charge in [0.25, 0.3) is 0 Å². The normalized spacial score (nSPS) is 14.6. The lowest BCUT2D eigenvalue weighted by atomic mass is 9.92. The monoisotopic (exact) mass is 368 g/mol. The van der Waals surface area contributed by atoms with Crippen LogP contribution >= 0.6 is 23.6 Å². The van der Waals surface area contributed by atoms with Crippen molar-refractivity contribution in [1.29, 1.82) is 0 Å². The molecular formula is C19H20N4S2. The molecule has 0 radical (unpaired) electrons. The summed E-state index contributed by atoms with van der Waals surface area (Å²) in [6.07, 6.45) is 7.70. The number of hydrogen-bond donors (Lipinski definition) is 1. The van der Waals surface area contributed by atoms with Crippen molar-refractivity contribution in [2.24, 2.45) is 0 Å². The van der Waals surface area contributed by atoms with E-state index in [1.165, 1.54) is 29.7 Å². The van der Waals surface area contributed by atoms with Crippen LogP contribution in [0.4, 0.5) is 5.82 Å². The molecule has 4 nitrogen and oxygen atoms in total. The zero-order chi connectivity index (χ0) is 17.2. The molecule has 2 heterocycles. The molecule has 1 fully saturated rings. The maximum Gasteiger partial charge on any atom is 0.131 e. The van der Waals surface area contributed by atoms with Gasteiger partial charge >= 0.3 is 0 Å². The van der Waals surface area contributed by atoms with E-state index in [0.29, 0.717) is 6.04 Å². The van der Waals surface area contributed by atoms with Gasteiger partial charge in [0.1, 0.15) is 5.82 Å². The van der Waals surface area contributed by atoms with Crippen LogP contribution in [0.3, 0.4) is 0 Å². The first-order chi connectivity index (χ1) is 12.2. The van der Waals surface area contributed by atoms with E-state index in [1.807, 2.05) is 17.9 Å². The van der Waals surface area contributed by atoms with Gasteiger partial charge in [0.2, 0.25) is 0 Å². The largest absolute Gasteiger partial charge is 0.334 e. The lowest BCUT2D eigenvalue weighted by Gasteiger charge is -2.34. The first kappa shape index (κ1) is 16.6. The Balaban J connectivity index is 1.50. The quantitative estimate of drug-likeness (QED) is 0.668. The molecule has 0 amide bonds. The lowest BCUT2D eigenvalue weighted by molar-refractivity contribution is 0.181. The van der Waals surface area contributed by atoms with Crippen molar-refractivity contribution in [2.45, 2.75) is 25.3 Å². The number of nitrogens with one attached hydrogen (secondary N) is 1. The smallest absolute Gasteiger partial charge is 0.131 e. The third-order valence-electron chi connectivity index (χ3n) is 4.80. The van der Waals surface area contributed by atoms with Crippen LogP contribution in [0.25, 0.3) is 21.2 Å². The van der Waals surface area contributed by atoms with Crippen LogP contribution < -0.4 is 5.32 Å². The Kier molecular flexibility index (Phi) is 4.74. The van der Waals surface area contributed by atoms with E-state index in [2.05, 4.69) is 51.5 Å². The maximum atomic E-state index is 5.52. The van der Waals surface area contributed by atoms with Crippen molar-refractivity contribution < 1.29 is 0 Å². The first-order valence-electron chi connectivity index (χ1n) is 8.48. The number of rotatable bonds is 5. The highest BCUT2D eigenvalue weighted by molar-refractivity contribution is 7.80. The van der Waals surface area contributed by atoms with Gasteiger partial charge in [0.05, 0.1) is 15.4 Å². The maximum absolute atomic E-state index is 5.52. The number of thiocarbonyl (C=S) groups is 1. The summed E-state index contributed by atoms with van der Waals surface area (Å²) in [7, 11) is 2.15. The summed E-state index contributed by atoms with van der Waals surface area (Å²) in [5, 5.41) is 5.56. The zero-order valence-electron chi connectivity index (χ0n) is 14.1. The minimum absolute atomic E-state index is 0.686. The van der Waals surface area contributed by atoms with Gasteiger partial charge in [-0.25, -0.2) is 4.98 Å². The third-order valence-corrected chi connectivity index (χ3v) is 5.85. The molecule has 0 spiro atoms. The van der Waals surface area contributed by atoms with E-state index in [9.17, 15) is 0 Å². The number of nitrogens with zero attached hydrogens (tertiary/aromatic N) is 3. The lowest BCUT2D eigenvalue weighted by Crippen LogP contribution is -2.41. The van der Waals surface area contributed by atoms with Gasteiger partial charge in [0.15, 0.2) is 0 Å². The number of thiazole rings is 1. The SMILES string of the molecule is CN(CC(=S)Nc1cc2cc(-c3cncs3)ccc2cn1)C1CCC1. The number of anilines is 1. The van der Waals surface area contributed by atoms with Crippen molar-refractivity contribution in [2.75, 3.05) is 18.9 Å². The molecule has 1 aliphatic rings. The molecule has 0 aliphatic heterocycles. The summed E-state index contributed by atoms with van der Waals surface area (Å²) in [5.41, 5.74) is 3.04. The van der Waals surface area contributed by atoms with Crippen LogP contribution in [-0.4, -0.2) is 39.5 Å². The molecule has 1 aliphatic carbocycles. The Bertz CT molecular complexity index is 888. The molecule has 25 heavy (non-hydrogen) atoms. The molecule has 3 aromatic rings. The Hall–Kier alpha value is -1.89. The summed E-state index contributed by atoms with van der Waals surface area (Å²) in [6.45, 7) is 0.778. The molecule has 4 rings (SSSR count). The second-order valence-corrected chi connectivity index (χ2v) is 7.92. The highest BCUT2D eigenvalue weighted by Crippen LogP contribution is 2.28. The highest BCUT2D eigenvalue weighted by atomic mass is 32.1. The summed E-state index contributed by atoms with van der Waals surface area (Å²) in [5.74, 6) is 0.806. The van der Waals surface area contributed by atoms with Crippen LogP contribution in [0, 0.1) is 0 Å². The van der Waals surface area contributed by atoms with Crippen molar-refractivity contribution in [1.82, 2.24) is 14.9 Å². The van der Waals surface area contributed by atoms with Crippen LogP contribution in [-0.2, 0) is 0 Å². The van der Waals surface area contributed by atoms with Gasteiger partial charge in [-0.05, 0) is 43.0 Å². The van der Waals surface area contributed by atoms with E-state index in [0.717, 1.165) is 28.1 Å². The van der Waals surface area contributed by atoms with E-state index in [4.69, 9.17) is 12.2 Å². The molecule has 6 heteroatoms. The fourth-order valence-corrected chi connectivity index (χ4v) is 4.01. The molecule has 128 valence electrons. The average molecular weight is 369 g/mol. The molecule has 0 bridgehead atoms. The summed E-state index contributed by atoms with van der Waals surface area (Å²) in [4.78, 5) is 13.0. The Labute approximate surface area is 156 Å². The predicted octanol–water partition coefficient (Wildman–Crippen LogP) is 4.58. The van der Waals surface area contributed by atoms with Crippen molar-refractivity contribution in [3.05, 3.63) is 42.2 Å². The van der Waals surface area contributed by atoms with Gasteiger partial charge < -0.3 is 5.32 Å². The number of likely N-dealkylation sites (N-methyl/N-ethyl adjacent to an activating group) is 1. The summed E-state index contributed by atoms with van der Waals surface area (Å²) >= 11 is 7.17. The summed E-state index contributed by atoms with van der Waals surface area (Å²) in [6, 6.07) is 9.15. The van der Waals surface area contributed by atoms with Gasteiger partial charge in [-0.15, -0.1) is 11.3 Å². The van der Waals surface area contributed by atoms with Crippen LogP contribution in [0.2, 0.25) is 0 Å². The average Bonchev–Trinajstić information content (AvgIpc) is 3.06. The molecule has 2 aromatic heterocycles. The van der Waals surface area contributed by atoms with Crippen molar-refractivity contribution in [3.8, 4) is 10.4 Å². The molecule has 1 N–H and O–H groups in total. The Morgan fingerprint density at radius 3 is 2.88 bits per heavy atom. The topological polar surface area (TPSA) is 41.0 Å². The second-order valence-electron chi connectivity index (χ2n) is 6.55. The number of aromatic nitrogens is 2. The Morgan fingerprint density at radius 1 is 1.28 bits per heavy atom. The second kappa shape index (κ2) is 7.15. The molecule has 0 atom stereocenters. The molecule has 0 saturated heterocycles. The molecule has 1 saturated carbocycles. The van der Waals surface area contributed by atoms with E-state index in [-0.39, 0.29) is 0 Å². The van der Waals surface area contributed by atoms with Gasteiger partial charge in [0, 0.05) is 30.4 Å². The van der Waals surface area contributed by atoms with Gasteiger partial charge in [-0.1, -0.05) is 30.8 Å². The van der Waals surface area contributed by atoms with E-state index < -0.39 is 0 Å². The molecular weight excluding hydrogens is 348 g/mol. The van der Waals surface area contributed by atoms with Crippen molar-refractivity contribution >= 4 is 45.1 Å². The van der Waals surface area contributed by atoms with Crippen LogP contribution in [0.5, 0.6) is 0 Å². The van der Waals surface area contributed by atoms with Crippen molar-refractivity contribution in [3.63, 3.8) is 0 Å².